The number of hydrogen-bond donors (Lipinski definition) is 1. The van der Waals surface area contributed by atoms with Gasteiger partial charge >= 0.3 is 6.03 Å². The highest BCUT2D eigenvalue weighted by atomic mass is 16.2. The lowest BCUT2D eigenvalue weighted by atomic mass is 10.2. The lowest BCUT2D eigenvalue weighted by Crippen LogP contribution is -2.52. The molecule has 0 unspecified atom stereocenters. The van der Waals surface area contributed by atoms with Crippen LogP contribution in [-0.2, 0) is 0 Å². The normalized spacial score (nSPS) is 14.7. The predicted molar refractivity (Wildman–Crippen MR) is 91.5 cm³/mol. The van der Waals surface area contributed by atoms with Crippen molar-refractivity contribution < 1.29 is 4.79 Å². The molecule has 6 heteroatoms. The predicted octanol–water partition coefficient (Wildman–Crippen LogP) is 1.34. The van der Waals surface area contributed by atoms with Gasteiger partial charge in [-0.3, -0.25) is 0 Å². The molecule has 0 bridgehead atoms. The van der Waals surface area contributed by atoms with Gasteiger partial charge in [0.05, 0.1) is 11.6 Å². The van der Waals surface area contributed by atoms with Gasteiger partial charge < -0.3 is 20.0 Å². The van der Waals surface area contributed by atoms with E-state index in [0.717, 1.165) is 44.8 Å². The fourth-order valence-electron chi connectivity index (χ4n) is 2.62. The van der Waals surface area contributed by atoms with E-state index >= 15 is 0 Å². The first-order valence-corrected chi connectivity index (χ1v) is 8.03. The van der Waals surface area contributed by atoms with Crippen LogP contribution in [-0.4, -0.2) is 69.2 Å². The number of urea groups is 1. The minimum atomic E-state index is 0.0308. The molecule has 1 fully saturated rings. The van der Waals surface area contributed by atoms with Crippen LogP contribution in [0.2, 0.25) is 0 Å². The van der Waals surface area contributed by atoms with Crippen molar-refractivity contribution in [1.29, 1.82) is 5.26 Å². The molecule has 1 aliphatic rings. The second-order valence-corrected chi connectivity index (χ2v) is 6.02. The summed E-state index contributed by atoms with van der Waals surface area (Å²) in [5.41, 5.74) is 1.78. The summed E-state index contributed by atoms with van der Waals surface area (Å²) in [7, 11) is 4.06. The third-order valence-corrected chi connectivity index (χ3v) is 3.99. The highest BCUT2D eigenvalue weighted by Crippen LogP contribution is 2.17. The van der Waals surface area contributed by atoms with E-state index in [1.165, 1.54) is 0 Å². The number of hydrogen-bond acceptors (Lipinski definition) is 4. The summed E-state index contributed by atoms with van der Waals surface area (Å²) in [6.07, 6.45) is 0.962. The zero-order valence-corrected chi connectivity index (χ0v) is 14.0. The van der Waals surface area contributed by atoms with E-state index < -0.39 is 0 Å². The number of nitriles is 1. The Bertz CT molecular complexity index is 541. The van der Waals surface area contributed by atoms with E-state index in [0.29, 0.717) is 12.1 Å². The number of benzene rings is 1. The highest BCUT2D eigenvalue weighted by Gasteiger charge is 2.20. The van der Waals surface area contributed by atoms with Crippen molar-refractivity contribution in [2.75, 3.05) is 58.3 Å². The first-order valence-electron chi connectivity index (χ1n) is 8.03. The molecule has 1 heterocycles. The summed E-state index contributed by atoms with van der Waals surface area (Å²) in [6, 6.07) is 9.76. The maximum Gasteiger partial charge on any atom is 0.317 e. The molecule has 23 heavy (non-hydrogen) atoms. The second kappa shape index (κ2) is 8.39. The van der Waals surface area contributed by atoms with E-state index in [1.807, 2.05) is 43.3 Å². The maximum atomic E-state index is 12.1. The van der Waals surface area contributed by atoms with E-state index in [-0.39, 0.29) is 6.03 Å². The zero-order valence-electron chi connectivity index (χ0n) is 14.0. The van der Waals surface area contributed by atoms with Crippen LogP contribution in [0, 0.1) is 11.3 Å². The van der Waals surface area contributed by atoms with Crippen LogP contribution >= 0.6 is 0 Å². The molecule has 0 spiro atoms. The van der Waals surface area contributed by atoms with Gasteiger partial charge in [0.1, 0.15) is 0 Å². The van der Waals surface area contributed by atoms with Crippen molar-refractivity contribution >= 4 is 11.7 Å². The molecule has 1 aromatic rings. The van der Waals surface area contributed by atoms with Crippen LogP contribution in [0.25, 0.3) is 0 Å². The zero-order chi connectivity index (χ0) is 16.7. The monoisotopic (exact) mass is 315 g/mol. The quantitative estimate of drug-likeness (QED) is 0.833. The number of anilines is 1. The average Bonchev–Trinajstić information content (AvgIpc) is 2.58. The Balaban J connectivity index is 1.74. The molecule has 0 aliphatic carbocycles. The van der Waals surface area contributed by atoms with Crippen molar-refractivity contribution in [2.45, 2.75) is 6.42 Å². The highest BCUT2D eigenvalue weighted by molar-refractivity contribution is 5.74. The molecule has 1 N–H and O–H groups in total. The Kier molecular flexibility index (Phi) is 6.24. The molecule has 0 radical (unpaired) electrons. The smallest absolute Gasteiger partial charge is 0.317 e. The molecule has 124 valence electrons. The molecule has 2 rings (SSSR count). The van der Waals surface area contributed by atoms with Gasteiger partial charge in [0.25, 0.3) is 0 Å². The van der Waals surface area contributed by atoms with Crippen molar-refractivity contribution in [1.82, 2.24) is 15.1 Å². The molecule has 2 amide bonds. The van der Waals surface area contributed by atoms with E-state index in [1.54, 1.807) is 0 Å². The molecule has 0 saturated carbocycles. The Morgan fingerprint density at radius 2 is 1.87 bits per heavy atom. The van der Waals surface area contributed by atoms with Crippen LogP contribution in [0.4, 0.5) is 10.5 Å². The van der Waals surface area contributed by atoms with Crippen LogP contribution in [0.3, 0.4) is 0 Å². The third-order valence-electron chi connectivity index (χ3n) is 3.99. The Labute approximate surface area is 138 Å². The van der Waals surface area contributed by atoms with Crippen LogP contribution in [0.15, 0.2) is 24.3 Å². The van der Waals surface area contributed by atoms with Crippen molar-refractivity contribution in [3.8, 4) is 6.07 Å². The summed E-state index contributed by atoms with van der Waals surface area (Å²) in [5.74, 6) is 0. The van der Waals surface area contributed by atoms with E-state index in [4.69, 9.17) is 5.26 Å². The number of nitrogens with one attached hydrogen (secondary N) is 1. The van der Waals surface area contributed by atoms with Crippen molar-refractivity contribution in [3.05, 3.63) is 29.8 Å². The van der Waals surface area contributed by atoms with Crippen LogP contribution in [0.5, 0.6) is 0 Å². The van der Waals surface area contributed by atoms with Gasteiger partial charge in [-0.2, -0.15) is 5.26 Å². The van der Waals surface area contributed by atoms with Gasteiger partial charge in [-0.1, -0.05) is 0 Å². The second-order valence-electron chi connectivity index (χ2n) is 6.02. The summed E-state index contributed by atoms with van der Waals surface area (Å²) in [6.45, 7) is 4.77. The topological polar surface area (TPSA) is 62.6 Å². The van der Waals surface area contributed by atoms with Gasteiger partial charge in [0.15, 0.2) is 0 Å². The maximum absolute atomic E-state index is 12.1. The first-order chi connectivity index (χ1) is 11.1. The van der Waals surface area contributed by atoms with Gasteiger partial charge in [0.2, 0.25) is 0 Å². The molecular formula is C17H25N5O. The summed E-state index contributed by atoms with van der Waals surface area (Å²) >= 11 is 0. The molecule has 1 aliphatic heterocycles. The summed E-state index contributed by atoms with van der Waals surface area (Å²) in [5, 5.41) is 11.8. The van der Waals surface area contributed by atoms with E-state index in [2.05, 4.69) is 21.2 Å². The minimum Gasteiger partial charge on any atom is -0.368 e. The number of piperazine rings is 1. The van der Waals surface area contributed by atoms with Crippen LogP contribution in [0.1, 0.15) is 12.0 Å². The number of rotatable bonds is 5. The van der Waals surface area contributed by atoms with Crippen molar-refractivity contribution in [3.63, 3.8) is 0 Å². The Morgan fingerprint density at radius 3 is 2.43 bits per heavy atom. The number of carbonyl (C=O) groups excluding carboxylic acids is 1. The molecular weight excluding hydrogens is 290 g/mol. The minimum absolute atomic E-state index is 0.0308. The van der Waals surface area contributed by atoms with Gasteiger partial charge in [0, 0.05) is 38.4 Å². The molecule has 0 atom stereocenters. The molecule has 0 aromatic heterocycles. The standard InChI is InChI=1S/C17H25N5O/c1-20(2)9-3-8-19-17(23)22-12-10-21(11-13-22)16-6-4-15(14-18)5-7-16/h4-7H,3,8-13H2,1-2H3,(H,19,23). The fourth-order valence-corrected chi connectivity index (χ4v) is 2.62. The number of amides is 2. The van der Waals surface area contributed by atoms with Gasteiger partial charge in [-0.15, -0.1) is 0 Å². The Morgan fingerprint density at radius 1 is 1.22 bits per heavy atom. The van der Waals surface area contributed by atoms with Crippen LogP contribution < -0.4 is 10.2 Å². The van der Waals surface area contributed by atoms with E-state index in [9.17, 15) is 4.79 Å². The largest absolute Gasteiger partial charge is 0.368 e. The third kappa shape index (κ3) is 5.15. The molecule has 1 saturated heterocycles. The lowest BCUT2D eigenvalue weighted by molar-refractivity contribution is 0.194. The van der Waals surface area contributed by atoms with Gasteiger partial charge in [-0.05, 0) is 51.3 Å². The number of nitrogens with zero attached hydrogens (tertiary/aromatic N) is 4. The molecule has 1 aromatic carbocycles. The average molecular weight is 315 g/mol. The fraction of sp³-hybridized carbons (Fsp3) is 0.529. The SMILES string of the molecule is CN(C)CCCNC(=O)N1CCN(c2ccc(C#N)cc2)CC1. The molecule has 6 nitrogen and oxygen atoms in total. The summed E-state index contributed by atoms with van der Waals surface area (Å²) < 4.78 is 0. The first kappa shape index (κ1) is 17.1. The Hall–Kier alpha value is -2.26. The van der Waals surface area contributed by atoms with Gasteiger partial charge in [-0.25, -0.2) is 4.79 Å². The number of carbonyl (C=O) groups is 1. The van der Waals surface area contributed by atoms with Crippen molar-refractivity contribution in [2.24, 2.45) is 0 Å². The lowest BCUT2D eigenvalue weighted by Gasteiger charge is -2.36. The summed E-state index contributed by atoms with van der Waals surface area (Å²) in [4.78, 5) is 18.3.